The molecular weight excluding hydrogens is 206 g/mol. The smallest absolute Gasteiger partial charge is 0.278 e. The lowest BCUT2D eigenvalue weighted by molar-refractivity contribution is 0.599. The summed E-state index contributed by atoms with van der Waals surface area (Å²) in [6, 6.07) is 0. The maximum absolute atomic E-state index is 11.4. The minimum absolute atomic E-state index is 0.190. The van der Waals surface area contributed by atoms with Gasteiger partial charge in [-0.3, -0.25) is 4.79 Å². The Morgan fingerprint density at radius 2 is 2.31 bits per heavy atom. The van der Waals surface area contributed by atoms with Crippen molar-refractivity contribution < 1.29 is 0 Å². The van der Waals surface area contributed by atoms with Crippen molar-refractivity contribution in [3.63, 3.8) is 0 Å². The number of hydrogen-bond donors (Lipinski definition) is 2. The molecule has 0 radical (unpaired) electrons. The molecular formula is C10H15N5O. The van der Waals surface area contributed by atoms with E-state index in [0.29, 0.717) is 11.2 Å². The largest absolute Gasteiger partial charge is 0.315 e. The number of hydrogen-bond acceptors (Lipinski definition) is 4. The molecule has 2 N–H and O–H groups in total. The lowest BCUT2D eigenvalue weighted by Crippen LogP contribution is -2.20. The number of imidazole rings is 1. The monoisotopic (exact) mass is 221 g/mol. The highest BCUT2D eigenvalue weighted by Crippen LogP contribution is 2.02. The third kappa shape index (κ3) is 2.11. The molecule has 0 fully saturated rings. The maximum atomic E-state index is 11.4. The predicted octanol–water partition coefficient (Wildman–Crippen LogP) is 0.119. The first-order valence-corrected chi connectivity index (χ1v) is 5.42. The second-order valence-electron chi connectivity index (χ2n) is 3.59. The standard InChI is InChI=1S/C10H15N5O/c1-2-3-11-4-5-15-7-14-8-9(15)12-6-13-10(8)16/h6-7,11H,2-5H2,1H3,(H,12,13,16). The number of nitrogens with one attached hydrogen (secondary N) is 2. The van der Waals surface area contributed by atoms with Gasteiger partial charge < -0.3 is 14.9 Å². The second kappa shape index (κ2) is 4.89. The Bertz CT molecular complexity index is 515. The average Bonchev–Trinajstić information content (AvgIpc) is 2.70. The number of aromatic nitrogens is 4. The maximum Gasteiger partial charge on any atom is 0.278 e. The van der Waals surface area contributed by atoms with Gasteiger partial charge in [0, 0.05) is 13.1 Å². The molecule has 0 aromatic carbocycles. The Kier molecular flexibility index (Phi) is 3.31. The van der Waals surface area contributed by atoms with Crippen molar-refractivity contribution in [1.82, 2.24) is 24.8 Å². The lowest BCUT2D eigenvalue weighted by Gasteiger charge is -2.04. The highest BCUT2D eigenvalue weighted by molar-refractivity contribution is 5.68. The molecule has 0 bridgehead atoms. The zero-order valence-electron chi connectivity index (χ0n) is 9.23. The van der Waals surface area contributed by atoms with Gasteiger partial charge in [0.1, 0.15) is 0 Å². The molecule has 0 atom stereocenters. The van der Waals surface area contributed by atoms with Gasteiger partial charge >= 0.3 is 0 Å². The Morgan fingerprint density at radius 3 is 3.12 bits per heavy atom. The van der Waals surface area contributed by atoms with Crippen molar-refractivity contribution in [3.05, 3.63) is 23.0 Å². The Labute approximate surface area is 92.7 Å². The zero-order chi connectivity index (χ0) is 11.4. The molecule has 6 nitrogen and oxygen atoms in total. The van der Waals surface area contributed by atoms with E-state index in [2.05, 4.69) is 27.2 Å². The number of aromatic amines is 1. The van der Waals surface area contributed by atoms with Crippen LogP contribution < -0.4 is 10.9 Å². The second-order valence-corrected chi connectivity index (χ2v) is 3.59. The van der Waals surface area contributed by atoms with Crippen LogP contribution in [0.25, 0.3) is 11.2 Å². The van der Waals surface area contributed by atoms with Crippen molar-refractivity contribution >= 4 is 11.2 Å². The highest BCUT2D eigenvalue weighted by atomic mass is 16.1. The normalized spacial score (nSPS) is 11.1. The van der Waals surface area contributed by atoms with Crippen LogP contribution in [0.2, 0.25) is 0 Å². The van der Waals surface area contributed by atoms with Gasteiger partial charge in [-0.15, -0.1) is 0 Å². The summed E-state index contributed by atoms with van der Waals surface area (Å²) >= 11 is 0. The third-order valence-corrected chi connectivity index (χ3v) is 2.36. The summed E-state index contributed by atoms with van der Waals surface area (Å²) in [4.78, 5) is 22.1. The van der Waals surface area contributed by atoms with Crippen LogP contribution in [0.4, 0.5) is 0 Å². The third-order valence-electron chi connectivity index (χ3n) is 2.36. The number of nitrogens with zero attached hydrogens (tertiary/aromatic N) is 3. The quantitative estimate of drug-likeness (QED) is 0.703. The molecule has 16 heavy (non-hydrogen) atoms. The molecule has 0 spiro atoms. The summed E-state index contributed by atoms with van der Waals surface area (Å²) in [6.45, 7) is 4.75. The molecule has 0 unspecified atom stereocenters. The molecule has 6 heteroatoms. The van der Waals surface area contributed by atoms with E-state index < -0.39 is 0 Å². The number of fused-ring (bicyclic) bond motifs is 1. The molecule has 0 saturated heterocycles. The van der Waals surface area contributed by atoms with Gasteiger partial charge in [0.15, 0.2) is 11.2 Å². The topological polar surface area (TPSA) is 75.6 Å². The summed E-state index contributed by atoms with van der Waals surface area (Å²) in [7, 11) is 0. The van der Waals surface area contributed by atoms with Crippen LogP contribution in [0, 0.1) is 0 Å². The fourth-order valence-corrected chi connectivity index (χ4v) is 1.56. The summed E-state index contributed by atoms with van der Waals surface area (Å²) < 4.78 is 1.88. The summed E-state index contributed by atoms with van der Waals surface area (Å²) in [5.74, 6) is 0. The van der Waals surface area contributed by atoms with Crippen LogP contribution in [0.1, 0.15) is 13.3 Å². The van der Waals surface area contributed by atoms with Crippen molar-refractivity contribution in [2.24, 2.45) is 0 Å². The van der Waals surface area contributed by atoms with Gasteiger partial charge in [-0.2, -0.15) is 0 Å². The van der Waals surface area contributed by atoms with Gasteiger partial charge in [0.05, 0.1) is 12.7 Å². The molecule has 0 aliphatic rings. The lowest BCUT2D eigenvalue weighted by atomic mass is 10.4. The predicted molar refractivity (Wildman–Crippen MR) is 61.3 cm³/mol. The van der Waals surface area contributed by atoms with Gasteiger partial charge in [-0.25, -0.2) is 9.97 Å². The summed E-state index contributed by atoms with van der Waals surface area (Å²) in [5, 5.41) is 3.29. The fraction of sp³-hybridized carbons (Fsp3) is 0.500. The van der Waals surface area contributed by atoms with Crippen LogP contribution >= 0.6 is 0 Å². The van der Waals surface area contributed by atoms with Crippen LogP contribution in [0.3, 0.4) is 0 Å². The molecule has 0 aliphatic heterocycles. The SMILES string of the molecule is CCCNCCn1cnc2c(=O)[nH]cnc21. The molecule has 0 amide bonds. The molecule has 0 aliphatic carbocycles. The average molecular weight is 221 g/mol. The highest BCUT2D eigenvalue weighted by Gasteiger charge is 2.05. The Balaban J connectivity index is 2.13. The number of rotatable bonds is 5. The van der Waals surface area contributed by atoms with Crippen LogP contribution in [-0.2, 0) is 6.54 Å². The molecule has 86 valence electrons. The van der Waals surface area contributed by atoms with Crippen molar-refractivity contribution in [1.29, 1.82) is 0 Å². The summed E-state index contributed by atoms with van der Waals surface area (Å²) in [5.41, 5.74) is 0.852. The van der Waals surface area contributed by atoms with Gasteiger partial charge in [0.2, 0.25) is 0 Å². The van der Waals surface area contributed by atoms with Crippen molar-refractivity contribution in [2.45, 2.75) is 19.9 Å². The molecule has 2 aromatic heterocycles. The number of H-pyrrole nitrogens is 1. The van der Waals surface area contributed by atoms with E-state index in [1.165, 1.54) is 6.33 Å². The van der Waals surface area contributed by atoms with Crippen LogP contribution in [-0.4, -0.2) is 32.6 Å². The van der Waals surface area contributed by atoms with Crippen LogP contribution in [0.15, 0.2) is 17.4 Å². The van der Waals surface area contributed by atoms with Gasteiger partial charge in [-0.1, -0.05) is 6.92 Å². The van der Waals surface area contributed by atoms with Crippen LogP contribution in [0.5, 0.6) is 0 Å². The van der Waals surface area contributed by atoms with E-state index in [-0.39, 0.29) is 5.56 Å². The Morgan fingerprint density at radius 1 is 1.44 bits per heavy atom. The van der Waals surface area contributed by atoms with Crippen molar-refractivity contribution in [3.8, 4) is 0 Å². The fourth-order valence-electron chi connectivity index (χ4n) is 1.56. The van der Waals surface area contributed by atoms with E-state index in [0.717, 1.165) is 26.1 Å². The van der Waals surface area contributed by atoms with E-state index in [1.807, 2.05) is 4.57 Å². The van der Waals surface area contributed by atoms with Gasteiger partial charge in [-0.05, 0) is 13.0 Å². The van der Waals surface area contributed by atoms with Gasteiger partial charge in [0.25, 0.3) is 5.56 Å². The van der Waals surface area contributed by atoms with E-state index in [1.54, 1.807) is 6.33 Å². The minimum Gasteiger partial charge on any atom is -0.315 e. The Hall–Kier alpha value is -1.69. The first kappa shape index (κ1) is 10.8. The van der Waals surface area contributed by atoms with Crippen molar-refractivity contribution in [2.75, 3.05) is 13.1 Å². The molecule has 0 saturated carbocycles. The molecule has 2 rings (SSSR count). The molecule has 2 aromatic rings. The van der Waals surface area contributed by atoms with E-state index >= 15 is 0 Å². The van der Waals surface area contributed by atoms with E-state index in [4.69, 9.17) is 0 Å². The first-order chi connectivity index (χ1) is 7.83. The molecule has 2 heterocycles. The zero-order valence-corrected chi connectivity index (χ0v) is 9.23. The summed E-state index contributed by atoms with van der Waals surface area (Å²) in [6.07, 6.45) is 4.17. The van der Waals surface area contributed by atoms with E-state index in [9.17, 15) is 4.79 Å². The minimum atomic E-state index is -0.190. The first-order valence-electron chi connectivity index (χ1n) is 5.42.